The molecule has 0 radical (unpaired) electrons. The molecule has 2 rings (SSSR count). The summed E-state index contributed by atoms with van der Waals surface area (Å²) in [4.78, 5) is 0. The Kier molecular flexibility index (Phi) is 1.94. The third kappa shape index (κ3) is 1.25. The van der Waals surface area contributed by atoms with E-state index < -0.39 is 0 Å². The zero-order chi connectivity index (χ0) is 10.3. The second-order valence-electron chi connectivity index (χ2n) is 4.33. The highest BCUT2D eigenvalue weighted by Crippen LogP contribution is 2.33. The van der Waals surface area contributed by atoms with Crippen LogP contribution >= 0.6 is 0 Å². The van der Waals surface area contributed by atoms with Crippen molar-refractivity contribution in [2.45, 2.75) is 32.7 Å². The minimum atomic E-state index is 0.146. The van der Waals surface area contributed by atoms with E-state index in [-0.39, 0.29) is 5.54 Å². The Morgan fingerprint density at radius 1 is 1.57 bits per heavy atom. The Morgan fingerprint density at radius 3 is 2.93 bits per heavy atom. The van der Waals surface area contributed by atoms with E-state index in [0.717, 1.165) is 30.2 Å². The highest BCUT2D eigenvalue weighted by atomic mass is 15.4. The summed E-state index contributed by atoms with van der Waals surface area (Å²) in [5, 5.41) is 11.4. The lowest BCUT2D eigenvalue weighted by Crippen LogP contribution is -2.44. The number of nitrogens with zero attached hydrogens (tertiary/aromatic N) is 2. The van der Waals surface area contributed by atoms with Gasteiger partial charge in [-0.05, 0) is 20.3 Å². The summed E-state index contributed by atoms with van der Waals surface area (Å²) in [6.07, 6.45) is 1.10. The van der Waals surface area contributed by atoms with Crippen LogP contribution in [0.25, 0.3) is 0 Å². The molecule has 1 aromatic rings. The van der Waals surface area contributed by atoms with Crippen LogP contribution in [0.1, 0.15) is 26.0 Å². The second kappa shape index (κ2) is 2.90. The lowest BCUT2D eigenvalue weighted by molar-refractivity contribution is 0.506. The minimum Gasteiger partial charge on any atom is -0.378 e. The molecule has 0 bridgehead atoms. The van der Waals surface area contributed by atoms with Gasteiger partial charge in [0, 0.05) is 13.6 Å². The van der Waals surface area contributed by atoms with E-state index in [1.807, 2.05) is 18.7 Å². The molecule has 1 atom stereocenters. The van der Waals surface area contributed by atoms with Crippen LogP contribution in [0.15, 0.2) is 0 Å². The average molecular weight is 194 g/mol. The molecule has 0 saturated carbocycles. The Balaban J connectivity index is 2.39. The summed E-state index contributed by atoms with van der Waals surface area (Å²) >= 11 is 0. The summed E-state index contributed by atoms with van der Waals surface area (Å²) in [6, 6.07) is 0. The number of aromatic nitrogens is 2. The highest BCUT2D eigenvalue weighted by molar-refractivity contribution is 5.71. The summed E-state index contributed by atoms with van der Waals surface area (Å²) < 4.78 is 1.91. The van der Waals surface area contributed by atoms with Gasteiger partial charge in [-0.15, -0.1) is 0 Å². The zero-order valence-corrected chi connectivity index (χ0v) is 9.31. The average Bonchev–Trinajstić information content (AvgIpc) is 2.42. The van der Waals surface area contributed by atoms with E-state index in [9.17, 15) is 0 Å². The third-order valence-electron chi connectivity index (χ3n) is 3.08. The number of hydrogen-bond acceptors (Lipinski definition) is 3. The maximum Gasteiger partial charge on any atom is 0.148 e. The monoisotopic (exact) mass is 194 g/mol. The van der Waals surface area contributed by atoms with Crippen molar-refractivity contribution in [1.29, 1.82) is 0 Å². The van der Waals surface area contributed by atoms with Crippen molar-refractivity contribution in [3.8, 4) is 0 Å². The first-order valence-corrected chi connectivity index (χ1v) is 5.11. The van der Waals surface area contributed by atoms with Gasteiger partial charge in [0.2, 0.25) is 0 Å². The molecule has 4 nitrogen and oxygen atoms in total. The van der Waals surface area contributed by atoms with Crippen LogP contribution in [0.4, 0.5) is 11.5 Å². The first-order chi connectivity index (χ1) is 6.56. The highest BCUT2D eigenvalue weighted by Gasteiger charge is 2.30. The maximum atomic E-state index is 4.38. The minimum absolute atomic E-state index is 0.146. The molecule has 0 aliphatic carbocycles. The van der Waals surface area contributed by atoms with Crippen molar-refractivity contribution in [2.75, 3.05) is 17.2 Å². The lowest BCUT2D eigenvalue weighted by atomic mass is 9.97. The number of anilines is 2. The fourth-order valence-corrected chi connectivity index (χ4v) is 1.84. The predicted octanol–water partition coefficient (Wildman–Crippen LogP) is 1.73. The normalized spacial score (nSPS) is 25.1. The van der Waals surface area contributed by atoms with Gasteiger partial charge < -0.3 is 10.6 Å². The molecule has 0 aromatic carbocycles. The molecule has 2 N–H and O–H groups in total. The van der Waals surface area contributed by atoms with Gasteiger partial charge in [0.1, 0.15) is 11.5 Å². The molecule has 0 amide bonds. The van der Waals surface area contributed by atoms with Crippen molar-refractivity contribution >= 4 is 11.5 Å². The molecule has 4 heteroatoms. The summed E-state index contributed by atoms with van der Waals surface area (Å²) in [5.41, 5.74) is 2.36. The van der Waals surface area contributed by atoms with E-state index in [2.05, 4.69) is 29.6 Å². The van der Waals surface area contributed by atoms with Crippen LogP contribution in [0, 0.1) is 6.92 Å². The first-order valence-electron chi connectivity index (χ1n) is 5.11. The first kappa shape index (κ1) is 9.37. The van der Waals surface area contributed by atoms with Crippen molar-refractivity contribution in [3.63, 3.8) is 0 Å². The molecule has 1 unspecified atom stereocenters. The van der Waals surface area contributed by atoms with Crippen LogP contribution in [-0.2, 0) is 7.05 Å². The van der Waals surface area contributed by atoms with Crippen molar-refractivity contribution in [3.05, 3.63) is 5.69 Å². The van der Waals surface area contributed by atoms with Gasteiger partial charge in [0.25, 0.3) is 0 Å². The summed E-state index contributed by atoms with van der Waals surface area (Å²) in [6.45, 7) is 7.42. The largest absolute Gasteiger partial charge is 0.378 e. The molecular formula is C10H18N4. The summed E-state index contributed by atoms with van der Waals surface area (Å²) in [5.74, 6) is 1.11. The molecular weight excluding hydrogens is 176 g/mol. The Bertz CT molecular complexity index is 355. The Labute approximate surface area is 84.7 Å². The van der Waals surface area contributed by atoms with Gasteiger partial charge in [-0.2, -0.15) is 5.10 Å². The number of fused-ring (bicyclic) bond motifs is 1. The van der Waals surface area contributed by atoms with Gasteiger partial charge in [0.15, 0.2) is 0 Å². The van der Waals surface area contributed by atoms with E-state index in [1.165, 1.54) is 0 Å². The van der Waals surface area contributed by atoms with Crippen molar-refractivity contribution in [1.82, 2.24) is 9.78 Å². The van der Waals surface area contributed by atoms with Gasteiger partial charge in [-0.3, -0.25) is 4.68 Å². The molecule has 2 heterocycles. The topological polar surface area (TPSA) is 41.9 Å². The predicted molar refractivity (Wildman–Crippen MR) is 58.8 cm³/mol. The van der Waals surface area contributed by atoms with Crippen molar-refractivity contribution in [2.24, 2.45) is 7.05 Å². The second-order valence-corrected chi connectivity index (χ2v) is 4.33. The van der Waals surface area contributed by atoms with Crippen LogP contribution in [-0.4, -0.2) is 21.9 Å². The zero-order valence-electron chi connectivity index (χ0n) is 9.31. The number of aryl methyl sites for hydroxylation is 2. The van der Waals surface area contributed by atoms with Gasteiger partial charge >= 0.3 is 0 Å². The molecule has 14 heavy (non-hydrogen) atoms. The van der Waals surface area contributed by atoms with Crippen molar-refractivity contribution < 1.29 is 0 Å². The van der Waals surface area contributed by atoms with Crippen LogP contribution in [0.2, 0.25) is 0 Å². The van der Waals surface area contributed by atoms with Gasteiger partial charge in [-0.25, -0.2) is 0 Å². The third-order valence-corrected chi connectivity index (χ3v) is 3.08. The lowest BCUT2D eigenvalue weighted by Gasteiger charge is -2.35. The molecule has 1 aliphatic heterocycles. The van der Waals surface area contributed by atoms with Crippen LogP contribution < -0.4 is 10.6 Å². The Hall–Kier alpha value is -1.19. The van der Waals surface area contributed by atoms with Gasteiger partial charge in [0.05, 0.1) is 11.2 Å². The van der Waals surface area contributed by atoms with Crippen LogP contribution in [0.5, 0.6) is 0 Å². The smallest absolute Gasteiger partial charge is 0.148 e. The molecule has 0 fully saturated rings. The maximum absolute atomic E-state index is 4.38. The number of hydrogen-bond donors (Lipinski definition) is 2. The SMILES string of the molecule is CCC1(C)CNc2c(C)nn(C)c2N1. The van der Waals surface area contributed by atoms with E-state index in [4.69, 9.17) is 0 Å². The molecule has 1 aromatic heterocycles. The number of nitrogens with one attached hydrogen (secondary N) is 2. The standard InChI is InChI=1S/C10H18N4/c1-5-10(3)6-11-8-7(2)13-14(4)9(8)12-10/h11-12H,5-6H2,1-4H3. The van der Waals surface area contributed by atoms with E-state index in [0.29, 0.717) is 0 Å². The van der Waals surface area contributed by atoms with Gasteiger partial charge in [-0.1, -0.05) is 6.92 Å². The molecule has 0 saturated heterocycles. The summed E-state index contributed by atoms with van der Waals surface area (Å²) in [7, 11) is 1.97. The molecule has 1 aliphatic rings. The fourth-order valence-electron chi connectivity index (χ4n) is 1.84. The molecule has 0 spiro atoms. The Morgan fingerprint density at radius 2 is 2.29 bits per heavy atom. The fraction of sp³-hybridized carbons (Fsp3) is 0.700. The van der Waals surface area contributed by atoms with E-state index in [1.54, 1.807) is 0 Å². The van der Waals surface area contributed by atoms with Crippen LogP contribution in [0.3, 0.4) is 0 Å². The number of rotatable bonds is 1. The molecule has 78 valence electrons. The quantitative estimate of drug-likeness (QED) is 0.715. The van der Waals surface area contributed by atoms with E-state index >= 15 is 0 Å².